The summed E-state index contributed by atoms with van der Waals surface area (Å²) in [7, 11) is 1.58. The van der Waals surface area contributed by atoms with Crippen molar-refractivity contribution in [3.8, 4) is 11.5 Å². The van der Waals surface area contributed by atoms with E-state index >= 15 is 0 Å². The summed E-state index contributed by atoms with van der Waals surface area (Å²) in [6.07, 6.45) is 1.02. The van der Waals surface area contributed by atoms with Gasteiger partial charge in [-0.15, -0.1) is 0 Å². The van der Waals surface area contributed by atoms with E-state index in [2.05, 4.69) is 5.32 Å². The Morgan fingerprint density at radius 3 is 2.72 bits per heavy atom. The Kier molecular flexibility index (Phi) is 5.70. The highest BCUT2D eigenvalue weighted by Crippen LogP contribution is 2.28. The van der Waals surface area contributed by atoms with Crippen molar-refractivity contribution < 1.29 is 19.1 Å². The quantitative estimate of drug-likeness (QED) is 0.744. The Hall–Kier alpha value is -2.04. The number of carbonyl (C=O) groups is 2. The topological polar surface area (TPSA) is 64.6 Å². The molecule has 5 nitrogen and oxygen atoms in total. The average Bonchev–Trinajstić information content (AvgIpc) is 2.40. The molecular weight excluding hydrogens is 234 g/mol. The zero-order chi connectivity index (χ0) is 13.4. The minimum atomic E-state index is -0.0857. The van der Waals surface area contributed by atoms with Crippen LogP contribution in [0.25, 0.3) is 0 Å². The summed E-state index contributed by atoms with van der Waals surface area (Å²) < 4.78 is 10.8. The molecule has 0 aliphatic rings. The second kappa shape index (κ2) is 7.32. The summed E-state index contributed by atoms with van der Waals surface area (Å²) in [4.78, 5) is 21.7. The highest BCUT2D eigenvalue weighted by Gasteiger charge is 2.07. The first-order chi connectivity index (χ1) is 8.71. The molecule has 0 aliphatic heterocycles. The molecule has 18 heavy (non-hydrogen) atoms. The standard InChI is InChI=1S/C13H17NO4/c1-3-17-12-8-10(9-15)4-5-11(12)18-7-6-13(16)14-2/h4-5,8-9H,3,6-7H2,1-2H3,(H,14,16). The number of hydrogen-bond acceptors (Lipinski definition) is 4. The molecule has 0 spiro atoms. The van der Waals surface area contributed by atoms with Gasteiger partial charge in [-0.05, 0) is 25.1 Å². The molecule has 0 radical (unpaired) electrons. The minimum Gasteiger partial charge on any atom is -0.490 e. The molecule has 1 aromatic rings. The van der Waals surface area contributed by atoms with Crippen LogP contribution in [0.15, 0.2) is 18.2 Å². The van der Waals surface area contributed by atoms with Crippen molar-refractivity contribution in [2.45, 2.75) is 13.3 Å². The number of nitrogens with one attached hydrogen (secondary N) is 1. The summed E-state index contributed by atoms with van der Waals surface area (Å²) in [6.45, 7) is 2.59. The van der Waals surface area contributed by atoms with Gasteiger partial charge in [-0.3, -0.25) is 9.59 Å². The molecule has 1 amide bonds. The first-order valence-electron chi connectivity index (χ1n) is 5.76. The van der Waals surface area contributed by atoms with Gasteiger partial charge >= 0.3 is 0 Å². The lowest BCUT2D eigenvalue weighted by Gasteiger charge is -2.11. The molecule has 5 heteroatoms. The Labute approximate surface area is 106 Å². The van der Waals surface area contributed by atoms with Gasteiger partial charge in [0.2, 0.25) is 5.91 Å². The molecule has 0 saturated heterocycles. The lowest BCUT2D eigenvalue weighted by molar-refractivity contribution is -0.121. The number of rotatable bonds is 7. The van der Waals surface area contributed by atoms with Crippen LogP contribution in [0.1, 0.15) is 23.7 Å². The molecule has 0 fully saturated rings. The van der Waals surface area contributed by atoms with Crippen molar-refractivity contribution in [3.63, 3.8) is 0 Å². The molecule has 0 atom stereocenters. The minimum absolute atomic E-state index is 0.0857. The normalized spacial score (nSPS) is 9.67. The molecule has 0 aromatic heterocycles. The van der Waals surface area contributed by atoms with Gasteiger partial charge in [0.25, 0.3) is 0 Å². The van der Waals surface area contributed by atoms with Gasteiger partial charge in [0, 0.05) is 12.6 Å². The largest absolute Gasteiger partial charge is 0.490 e. The molecular formula is C13H17NO4. The van der Waals surface area contributed by atoms with Crippen LogP contribution in [0.5, 0.6) is 11.5 Å². The Bertz CT molecular complexity index is 417. The Morgan fingerprint density at radius 2 is 2.11 bits per heavy atom. The third-order valence-electron chi connectivity index (χ3n) is 2.27. The zero-order valence-electron chi connectivity index (χ0n) is 10.6. The second-order valence-electron chi connectivity index (χ2n) is 3.53. The van der Waals surface area contributed by atoms with E-state index in [1.165, 1.54) is 0 Å². The second-order valence-corrected chi connectivity index (χ2v) is 3.53. The molecule has 0 heterocycles. The van der Waals surface area contributed by atoms with Crippen LogP contribution in [0.4, 0.5) is 0 Å². The van der Waals surface area contributed by atoms with Crippen LogP contribution in [0, 0.1) is 0 Å². The first kappa shape index (κ1) is 14.0. The number of ether oxygens (including phenoxy) is 2. The number of benzene rings is 1. The SMILES string of the molecule is CCOc1cc(C=O)ccc1OCCC(=O)NC. The highest BCUT2D eigenvalue weighted by molar-refractivity contribution is 5.76. The zero-order valence-corrected chi connectivity index (χ0v) is 10.6. The van der Waals surface area contributed by atoms with Crippen molar-refractivity contribution in [3.05, 3.63) is 23.8 Å². The third kappa shape index (κ3) is 4.08. The van der Waals surface area contributed by atoms with Crippen LogP contribution in [-0.4, -0.2) is 32.5 Å². The van der Waals surface area contributed by atoms with Gasteiger partial charge in [-0.1, -0.05) is 0 Å². The van der Waals surface area contributed by atoms with Gasteiger partial charge < -0.3 is 14.8 Å². The van der Waals surface area contributed by atoms with Gasteiger partial charge in [0.05, 0.1) is 19.6 Å². The smallest absolute Gasteiger partial charge is 0.223 e. The van der Waals surface area contributed by atoms with Gasteiger partial charge in [-0.2, -0.15) is 0 Å². The number of hydrogen-bond donors (Lipinski definition) is 1. The van der Waals surface area contributed by atoms with E-state index in [1.807, 2.05) is 6.92 Å². The predicted molar refractivity (Wildman–Crippen MR) is 67.2 cm³/mol. The van der Waals surface area contributed by atoms with Crippen LogP contribution < -0.4 is 14.8 Å². The van der Waals surface area contributed by atoms with Gasteiger partial charge in [0.1, 0.15) is 6.29 Å². The summed E-state index contributed by atoms with van der Waals surface area (Å²) in [5.41, 5.74) is 0.525. The van der Waals surface area contributed by atoms with E-state index in [4.69, 9.17) is 9.47 Å². The molecule has 0 unspecified atom stereocenters. The molecule has 98 valence electrons. The van der Waals surface area contributed by atoms with Crippen LogP contribution >= 0.6 is 0 Å². The predicted octanol–water partition coefficient (Wildman–Crippen LogP) is 1.41. The monoisotopic (exact) mass is 251 g/mol. The fourth-order valence-electron chi connectivity index (χ4n) is 1.36. The van der Waals surface area contributed by atoms with E-state index in [0.29, 0.717) is 23.7 Å². The summed E-state index contributed by atoms with van der Waals surface area (Å²) >= 11 is 0. The van der Waals surface area contributed by atoms with Crippen LogP contribution in [0.2, 0.25) is 0 Å². The number of carbonyl (C=O) groups excluding carboxylic acids is 2. The lowest BCUT2D eigenvalue weighted by Crippen LogP contribution is -2.20. The maximum atomic E-state index is 11.0. The van der Waals surface area contributed by atoms with Crippen molar-refractivity contribution in [2.24, 2.45) is 0 Å². The van der Waals surface area contributed by atoms with Crippen LogP contribution in [0.3, 0.4) is 0 Å². The van der Waals surface area contributed by atoms with Crippen LogP contribution in [-0.2, 0) is 4.79 Å². The molecule has 0 saturated carbocycles. The maximum absolute atomic E-state index is 11.0. The molecule has 1 aromatic carbocycles. The van der Waals surface area contributed by atoms with Crippen molar-refractivity contribution in [1.82, 2.24) is 5.32 Å². The van der Waals surface area contributed by atoms with E-state index < -0.39 is 0 Å². The molecule has 1 rings (SSSR count). The summed E-state index contributed by atoms with van der Waals surface area (Å²) in [6, 6.07) is 4.93. The number of aldehydes is 1. The average molecular weight is 251 g/mol. The molecule has 0 aliphatic carbocycles. The van der Waals surface area contributed by atoms with Gasteiger partial charge in [-0.25, -0.2) is 0 Å². The van der Waals surface area contributed by atoms with E-state index in [0.717, 1.165) is 6.29 Å². The number of amides is 1. The van der Waals surface area contributed by atoms with Crippen molar-refractivity contribution in [1.29, 1.82) is 0 Å². The Morgan fingerprint density at radius 1 is 1.33 bits per heavy atom. The van der Waals surface area contributed by atoms with Gasteiger partial charge in [0.15, 0.2) is 11.5 Å². The fourth-order valence-corrected chi connectivity index (χ4v) is 1.36. The third-order valence-corrected chi connectivity index (χ3v) is 2.27. The summed E-state index contributed by atoms with van der Waals surface area (Å²) in [5.74, 6) is 0.961. The fraction of sp³-hybridized carbons (Fsp3) is 0.385. The molecule has 1 N–H and O–H groups in total. The van der Waals surface area contributed by atoms with Crippen molar-refractivity contribution in [2.75, 3.05) is 20.3 Å². The van der Waals surface area contributed by atoms with E-state index in [1.54, 1.807) is 25.2 Å². The van der Waals surface area contributed by atoms with E-state index in [-0.39, 0.29) is 18.9 Å². The van der Waals surface area contributed by atoms with Crippen molar-refractivity contribution >= 4 is 12.2 Å². The van der Waals surface area contributed by atoms with E-state index in [9.17, 15) is 9.59 Å². The Balaban J connectivity index is 2.68. The maximum Gasteiger partial charge on any atom is 0.223 e. The summed E-state index contributed by atoms with van der Waals surface area (Å²) in [5, 5.41) is 2.51. The highest BCUT2D eigenvalue weighted by atomic mass is 16.5. The first-order valence-corrected chi connectivity index (χ1v) is 5.76. The molecule has 0 bridgehead atoms. The lowest BCUT2D eigenvalue weighted by atomic mass is 10.2.